The summed E-state index contributed by atoms with van der Waals surface area (Å²) in [6.07, 6.45) is 2.60. The van der Waals surface area contributed by atoms with E-state index < -0.39 is 5.60 Å². The van der Waals surface area contributed by atoms with Crippen LogP contribution in [0.25, 0.3) is 0 Å². The summed E-state index contributed by atoms with van der Waals surface area (Å²) in [7, 11) is 0. The van der Waals surface area contributed by atoms with Crippen LogP contribution in [0.4, 0.5) is 0 Å². The highest BCUT2D eigenvalue weighted by Gasteiger charge is 2.30. The van der Waals surface area contributed by atoms with Crippen LogP contribution < -0.4 is 0 Å². The predicted molar refractivity (Wildman–Crippen MR) is 74.9 cm³/mol. The van der Waals surface area contributed by atoms with Crippen molar-refractivity contribution >= 4 is 0 Å². The molecule has 19 heavy (non-hydrogen) atoms. The number of hydrogen-bond donors (Lipinski definition) is 1. The number of aryl methyl sites for hydroxylation is 3. The zero-order valence-corrected chi connectivity index (χ0v) is 12.0. The fraction of sp³-hybridized carbons (Fsp3) is 0.467. The molecule has 0 radical (unpaired) electrons. The average molecular weight is 259 g/mol. The van der Waals surface area contributed by atoms with Crippen LogP contribution in [0.5, 0.6) is 0 Å². The Balaban J connectivity index is 2.45. The first-order valence-corrected chi connectivity index (χ1v) is 6.66. The third-order valence-corrected chi connectivity index (χ3v) is 3.62. The smallest absolute Gasteiger partial charge is 0.130 e. The summed E-state index contributed by atoms with van der Waals surface area (Å²) in [6.45, 7) is 8.75. The fourth-order valence-corrected chi connectivity index (χ4v) is 2.20. The van der Waals surface area contributed by atoms with Gasteiger partial charge in [-0.05, 0) is 43.9 Å². The molecule has 0 aliphatic carbocycles. The van der Waals surface area contributed by atoms with Gasteiger partial charge in [0, 0.05) is 6.54 Å². The zero-order valence-electron chi connectivity index (χ0n) is 12.0. The van der Waals surface area contributed by atoms with Crippen LogP contribution in [0.3, 0.4) is 0 Å². The molecule has 2 rings (SSSR count). The first kappa shape index (κ1) is 13.7. The minimum absolute atomic E-state index is 0.734. The first-order valence-electron chi connectivity index (χ1n) is 6.66. The maximum atomic E-state index is 10.9. The Morgan fingerprint density at radius 3 is 2.63 bits per heavy atom. The van der Waals surface area contributed by atoms with E-state index in [1.807, 2.05) is 18.2 Å². The van der Waals surface area contributed by atoms with Crippen LogP contribution in [0.15, 0.2) is 24.4 Å². The average Bonchev–Trinajstić information content (AvgIpc) is 2.82. The summed E-state index contributed by atoms with van der Waals surface area (Å²) in [5.41, 5.74) is 2.93. The summed E-state index contributed by atoms with van der Waals surface area (Å²) in [5, 5.41) is 18.8. The molecule has 0 aliphatic heterocycles. The van der Waals surface area contributed by atoms with Crippen molar-refractivity contribution in [3.63, 3.8) is 0 Å². The van der Waals surface area contributed by atoms with Gasteiger partial charge in [0.1, 0.15) is 5.60 Å². The van der Waals surface area contributed by atoms with Gasteiger partial charge in [0.05, 0.1) is 11.9 Å². The lowest BCUT2D eigenvalue weighted by Gasteiger charge is -2.25. The molecule has 0 spiro atoms. The summed E-state index contributed by atoms with van der Waals surface area (Å²) >= 11 is 0. The molecule has 1 atom stereocenters. The highest BCUT2D eigenvalue weighted by Crippen LogP contribution is 2.29. The lowest BCUT2D eigenvalue weighted by molar-refractivity contribution is 0.0913. The van der Waals surface area contributed by atoms with Crippen LogP contribution >= 0.6 is 0 Å². The third kappa shape index (κ3) is 2.54. The largest absolute Gasteiger partial charge is 0.379 e. The van der Waals surface area contributed by atoms with Gasteiger partial charge in [-0.1, -0.05) is 30.3 Å². The number of nitrogens with zero attached hydrogens (tertiary/aromatic N) is 3. The van der Waals surface area contributed by atoms with E-state index in [0.29, 0.717) is 0 Å². The monoisotopic (exact) mass is 259 g/mol. The lowest BCUT2D eigenvalue weighted by Crippen LogP contribution is -2.27. The second-order valence-electron chi connectivity index (χ2n) is 5.21. The van der Waals surface area contributed by atoms with Gasteiger partial charge in [0.15, 0.2) is 0 Å². The SMILES string of the molecule is CCCn1nncc1C(C)(O)c1ccc(C)c(C)c1. The van der Waals surface area contributed by atoms with E-state index >= 15 is 0 Å². The molecule has 1 aromatic heterocycles. The first-order chi connectivity index (χ1) is 8.96. The van der Waals surface area contributed by atoms with E-state index in [1.165, 1.54) is 11.1 Å². The molecule has 0 bridgehead atoms. The molecule has 0 saturated heterocycles. The van der Waals surface area contributed by atoms with Gasteiger partial charge < -0.3 is 5.11 Å². The summed E-state index contributed by atoms with van der Waals surface area (Å²) in [6, 6.07) is 6.03. The molecule has 1 N–H and O–H groups in total. The number of rotatable bonds is 4. The van der Waals surface area contributed by atoms with Crippen molar-refractivity contribution in [2.75, 3.05) is 0 Å². The second kappa shape index (κ2) is 5.13. The summed E-state index contributed by atoms with van der Waals surface area (Å²) in [5.74, 6) is 0. The fourth-order valence-electron chi connectivity index (χ4n) is 2.20. The minimum atomic E-state index is -1.07. The number of benzene rings is 1. The third-order valence-electron chi connectivity index (χ3n) is 3.62. The van der Waals surface area contributed by atoms with Crippen molar-refractivity contribution in [3.8, 4) is 0 Å². The Morgan fingerprint density at radius 1 is 1.26 bits per heavy atom. The summed E-state index contributed by atoms with van der Waals surface area (Å²) < 4.78 is 1.77. The highest BCUT2D eigenvalue weighted by molar-refractivity contribution is 5.36. The van der Waals surface area contributed by atoms with Gasteiger partial charge in [-0.3, -0.25) is 0 Å². The van der Waals surface area contributed by atoms with Crippen molar-refractivity contribution in [2.45, 2.75) is 46.3 Å². The van der Waals surface area contributed by atoms with Crippen LogP contribution in [-0.2, 0) is 12.1 Å². The molecule has 0 aliphatic rings. The summed E-state index contributed by atoms with van der Waals surface area (Å²) in [4.78, 5) is 0. The molecular formula is C15H21N3O. The van der Waals surface area contributed by atoms with Gasteiger partial charge in [-0.2, -0.15) is 0 Å². The Morgan fingerprint density at radius 2 is 2.00 bits per heavy atom. The number of aromatic nitrogens is 3. The van der Waals surface area contributed by atoms with E-state index in [4.69, 9.17) is 0 Å². The van der Waals surface area contributed by atoms with Gasteiger partial charge in [-0.15, -0.1) is 5.10 Å². The van der Waals surface area contributed by atoms with Crippen molar-refractivity contribution in [3.05, 3.63) is 46.8 Å². The molecule has 102 valence electrons. The van der Waals surface area contributed by atoms with Crippen LogP contribution in [0.1, 0.15) is 42.7 Å². The Kier molecular flexibility index (Phi) is 3.71. The van der Waals surface area contributed by atoms with Crippen molar-refractivity contribution < 1.29 is 5.11 Å². The van der Waals surface area contributed by atoms with Crippen molar-refractivity contribution in [1.82, 2.24) is 15.0 Å². The predicted octanol–water partition coefficient (Wildman–Crippen LogP) is 2.56. The molecule has 4 nitrogen and oxygen atoms in total. The van der Waals surface area contributed by atoms with E-state index in [0.717, 1.165) is 24.2 Å². The lowest BCUT2D eigenvalue weighted by atomic mass is 9.90. The molecule has 1 unspecified atom stereocenters. The molecule has 2 aromatic rings. The normalized spacial score (nSPS) is 14.4. The minimum Gasteiger partial charge on any atom is -0.379 e. The van der Waals surface area contributed by atoms with E-state index in [-0.39, 0.29) is 0 Å². The molecule has 0 amide bonds. The van der Waals surface area contributed by atoms with E-state index in [1.54, 1.807) is 17.8 Å². The van der Waals surface area contributed by atoms with Crippen molar-refractivity contribution in [2.24, 2.45) is 0 Å². The molecule has 0 fully saturated rings. The molecule has 1 heterocycles. The topological polar surface area (TPSA) is 50.9 Å². The highest BCUT2D eigenvalue weighted by atomic mass is 16.3. The zero-order chi connectivity index (χ0) is 14.0. The van der Waals surface area contributed by atoms with Gasteiger partial charge >= 0.3 is 0 Å². The molecule has 4 heteroatoms. The molecular weight excluding hydrogens is 238 g/mol. The Hall–Kier alpha value is -1.68. The van der Waals surface area contributed by atoms with E-state index in [9.17, 15) is 5.11 Å². The van der Waals surface area contributed by atoms with Crippen LogP contribution in [-0.4, -0.2) is 20.1 Å². The van der Waals surface area contributed by atoms with Gasteiger partial charge in [0.2, 0.25) is 0 Å². The maximum absolute atomic E-state index is 10.9. The Labute approximate surface area is 114 Å². The van der Waals surface area contributed by atoms with Crippen LogP contribution in [0.2, 0.25) is 0 Å². The number of hydrogen-bond acceptors (Lipinski definition) is 3. The maximum Gasteiger partial charge on any atom is 0.130 e. The Bertz CT molecular complexity index is 573. The van der Waals surface area contributed by atoms with Gasteiger partial charge in [-0.25, -0.2) is 4.68 Å². The van der Waals surface area contributed by atoms with E-state index in [2.05, 4.69) is 31.1 Å². The van der Waals surface area contributed by atoms with Gasteiger partial charge in [0.25, 0.3) is 0 Å². The quantitative estimate of drug-likeness (QED) is 0.918. The number of aliphatic hydroxyl groups is 1. The van der Waals surface area contributed by atoms with Crippen molar-refractivity contribution in [1.29, 1.82) is 0 Å². The standard InChI is InChI=1S/C15H21N3O/c1-5-8-18-14(10-16-17-18)15(4,19)13-7-6-11(2)12(3)9-13/h6-7,9-10,19H,5,8H2,1-4H3. The molecule has 1 aromatic carbocycles. The van der Waals surface area contributed by atoms with Crippen LogP contribution in [0, 0.1) is 13.8 Å². The second-order valence-corrected chi connectivity index (χ2v) is 5.21. The molecule has 0 saturated carbocycles.